The first-order valence-electron chi connectivity index (χ1n) is 3.78. The summed E-state index contributed by atoms with van der Waals surface area (Å²) in [7, 11) is 0. The van der Waals surface area contributed by atoms with Crippen molar-refractivity contribution in [2.24, 2.45) is 5.41 Å². The Bertz CT molecular complexity index is 327. The molecule has 0 saturated heterocycles. The summed E-state index contributed by atoms with van der Waals surface area (Å²) >= 11 is 0. The Balaban J connectivity index is 3.08. The van der Waals surface area contributed by atoms with Crippen LogP contribution in [0.5, 0.6) is 0 Å². The molecule has 0 unspecified atom stereocenters. The van der Waals surface area contributed by atoms with Crippen LogP contribution in [-0.4, -0.2) is 34.0 Å². The fraction of sp³-hybridized carbons (Fsp3) is 0.714. The number of alkyl halides is 4. The molecule has 0 amide bonds. The third-order valence-corrected chi connectivity index (χ3v) is 2.45. The van der Waals surface area contributed by atoms with E-state index < -0.39 is 42.0 Å². The van der Waals surface area contributed by atoms with Crippen molar-refractivity contribution in [2.45, 2.75) is 24.7 Å². The molecule has 0 aromatic heterocycles. The van der Waals surface area contributed by atoms with Crippen molar-refractivity contribution < 1.29 is 37.4 Å². The molecule has 0 spiro atoms. The van der Waals surface area contributed by atoms with Crippen molar-refractivity contribution in [1.29, 1.82) is 0 Å². The van der Waals surface area contributed by atoms with E-state index >= 15 is 0 Å². The van der Waals surface area contributed by atoms with Crippen molar-refractivity contribution in [3.8, 4) is 0 Å². The molecule has 2 N–H and O–H groups in total. The first kappa shape index (κ1) is 11.7. The molecular formula is C7H6F4O4. The summed E-state index contributed by atoms with van der Waals surface area (Å²) < 4.78 is 50.5. The molecular weight excluding hydrogens is 224 g/mol. The molecule has 1 aliphatic carbocycles. The van der Waals surface area contributed by atoms with Crippen molar-refractivity contribution in [3.05, 3.63) is 0 Å². The standard InChI is InChI=1S/C7H6F4O4/c8-6(9)2-5(4(14)15,1-3(12)13)7(6,10)11/h1-2H2,(H,12,13)(H,14,15)/t5-/m0/s1. The molecule has 0 radical (unpaired) electrons. The minimum Gasteiger partial charge on any atom is -0.481 e. The molecule has 0 heterocycles. The van der Waals surface area contributed by atoms with Crippen LogP contribution in [0.4, 0.5) is 17.6 Å². The van der Waals surface area contributed by atoms with Crippen molar-refractivity contribution >= 4 is 11.9 Å². The van der Waals surface area contributed by atoms with E-state index in [1.165, 1.54) is 0 Å². The Morgan fingerprint density at radius 2 is 1.60 bits per heavy atom. The number of rotatable bonds is 3. The zero-order valence-electron chi connectivity index (χ0n) is 7.14. The topological polar surface area (TPSA) is 74.6 Å². The van der Waals surface area contributed by atoms with E-state index in [1.54, 1.807) is 0 Å². The summed E-state index contributed by atoms with van der Waals surface area (Å²) in [5, 5.41) is 16.6. The molecule has 8 heteroatoms. The molecule has 1 fully saturated rings. The molecule has 86 valence electrons. The monoisotopic (exact) mass is 230 g/mol. The van der Waals surface area contributed by atoms with Crippen LogP contribution in [0.3, 0.4) is 0 Å². The third kappa shape index (κ3) is 1.27. The fourth-order valence-corrected chi connectivity index (χ4v) is 1.56. The summed E-state index contributed by atoms with van der Waals surface area (Å²) in [6, 6.07) is 0. The summed E-state index contributed by atoms with van der Waals surface area (Å²) in [4.78, 5) is 20.6. The van der Waals surface area contributed by atoms with E-state index in [0.29, 0.717) is 0 Å². The summed E-state index contributed by atoms with van der Waals surface area (Å²) in [6.45, 7) is 0. The van der Waals surface area contributed by atoms with Crippen LogP contribution in [0.15, 0.2) is 0 Å². The average Bonchev–Trinajstić information content (AvgIpc) is 2.00. The highest BCUT2D eigenvalue weighted by molar-refractivity contribution is 5.84. The molecule has 1 atom stereocenters. The lowest BCUT2D eigenvalue weighted by Crippen LogP contribution is -2.70. The van der Waals surface area contributed by atoms with Gasteiger partial charge in [0.2, 0.25) is 0 Å². The van der Waals surface area contributed by atoms with Gasteiger partial charge in [0.25, 0.3) is 0 Å². The highest BCUT2D eigenvalue weighted by atomic mass is 19.3. The average molecular weight is 230 g/mol. The Hall–Kier alpha value is -1.34. The second kappa shape index (κ2) is 2.83. The van der Waals surface area contributed by atoms with E-state index in [9.17, 15) is 27.2 Å². The van der Waals surface area contributed by atoms with Gasteiger partial charge in [-0.15, -0.1) is 0 Å². The fourth-order valence-electron chi connectivity index (χ4n) is 1.56. The summed E-state index contributed by atoms with van der Waals surface area (Å²) in [5.41, 5.74) is -3.19. The smallest absolute Gasteiger partial charge is 0.326 e. The van der Waals surface area contributed by atoms with Gasteiger partial charge in [-0.05, 0) is 0 Å². The van der Waals surface area contributed by atoms with Gasteiger partial charge < -0.3 is 10.2 Å². The number of carboxylic acid groups (broad SMARTS) is 2. The number of hydrogen-bond acceptors (Lipinski definition) is 2. The second-order valence-electron chi connectivity index (χ2n) is 3.41. The van der Waals surface area contributed by atoms with Crippen molar-refractivity contribution in [2.75, 3.05) is 0 Å². The van der Waals surface area contributed by atoms with E-state index in [1.807, 2.05) is 0 Å². The minimum atomic E-state index is -4.83. The van der Waals surface area contributed by atoms with Crippen LogP contribution < -0.4 is 0 Å². The molecule has 1 aliphatic rings. The molecule has 0 aliphatic heterocycles. The maximum Gasteiger partial charge on any atom is 0.326 e. The second-order valence-corrected chi connectivity index (χ2v) is 3.41. The predicted octanol–water partition coefficient (Wildman–Crippen LogP) is 1.21. The van der Waals surface area contributed by atoms with Gasteiger partial charge in [0.15, 0.2) is 5.41 Å². The highest BCUT2D eigenvalue weighted by Crippen LogP contribution is 2.64. The normalized spacial score (nSPS) is 31.7. The number of halogens is 4. The van der Waals surface area contributed by atoms with Gasteiger partial charge in [0, 0.05) is 6.42 Å². The molecule has 0 aromatic rings. The van der Waals surface area contributed by atoms with Gasteiger partial charge in [-0.1, -0.05) is 0 Å². The lowest BCUT2D eigenvalue weighted by Gasteiger charge is -2.50. The Morgan fingerprint density at radius 1 is 1.13 bits per heavy atom. The Labute approximate surface area is 80.5 Å². The quantitative estimate of drug-likeness (QED) is 0.714. The number of carboxylic acids is 2. The molecule has 1 rings (SSSR count). The molecule has 0 bridgehead atoms. The van der Waals surface area contributed by atoms with Crippen molar-refractivity contribution in [3.63, 3.8) is 0 Å². The number of aliphatic carboxylic acids is 2. The van der Waals surface area contributed by atoms with Gasteiger partial charge in [0.05, 0.1) is 6.42 Å². The van der Waals surface area contributed by atoms with Crippen LogP contribution in [0.1, 0.15) is 12.8 Å². The first-order valence-corrected chi connectivity index (χ1v) is 3.78. The summed E-state index contributed by atoms with van der Waals surface area (Å²) in [5.74, 6) is -13.4. The van der Waals surface area contributed by atoms with Gasteiger partial charge in [0.1, 0.15) is 0 Å². The Morgan fingerprint density at radius 3 is 1.80 bits per heavy atom. The van der Waals surface area contributed by atoms with Crippen LogP contribution in [-0.2, 0) is 9.59 Å². The third-order valence-electron chi connectivity index (χ3n) is 2.45. The number of carbonyl (C=O) groups is 2. The van der Waals surface area contributed by atoms with E-state index in [0.717, 1.165) is 0 Å². The zero-order chi connectivity index (χ0) is 12.1. The van der Waals surface area contributed by atoms with E-state index in [4.69, 9.17) is 10.2 Å². The lowest BCUT2D eigenvalue weighted by atomic mass is 9.60. The van der Waals surface area contributed by atoms with Crippen LogP contribution in [0.2, 0.25) is 0 Å². The minimum absolute atomic E-state index is 1.52. The number of hydrogen-bond donors (Lipinski definition) is 2. The lowest BCUT2D eigenvalue weighted by molar-refractivity contribution is -0.349. The predicted molar refractivity (Wildman–Crippen MR) is 36.8 cm³/mol. The largest absolute Gasteiger partial charge is 0.481 e. The molecule has 4 nitrogen and oxygen atoms in total. The van der Waals surface area contributed by atoms with E-state index in [2.05, 4.69) is 0 Å². The zero-order valence-corrected chi connectivity index (χ0v) is 7.14. The van der Waals surface area contributed by atoms with Gasteiger partial charge in [-0.3, -0.25) is 9.59 Å². The van der Waals surface area contributed by atoms with Gasteiger partial charge in [-0.25, -0.2) is 0 Å². The van der Waals surface area contributed by atoms with Gasteiger partial charge in [-0.2, -0.15) is 17.6 Å². The molecule has 15 heavy (non-hydrogen) atoms. The summed E-state index contributed by atoms with van der Waals surface area (Å²) in [6.07, 6.45) is -3.18. The van der Waals surface area contributed by atoms with E-state index in [-0.39, 0.29) is 0 Å². The SMILES string of the molecule is O=C(O)C[C@@]1(C(=O)O)CC(F)(F)C1(F)F. The molecule has 1 saturated carbocycles. The van der Waals surface area contributed by atoms with Crippen LogP contribution in [0.25, 0.3) is 0 Å². The Kier molecular flexibility index (Phi) is 2.21. The van der Waals surface area contributed by atoms with Gasteiger partial charge >= 0.3 is 23.8 Å². The maximum absolute atomic E-state index is 12.9. The molecule has 0 aromatic carbocycles. The first-order chi connectivity index (χ1) is 6.57. The van der Waals surface area contributed by atoms with Crippen molar-refractivity contribution in [1.82, 2.24) is 0 Å². The van der Waals surface area contributed by atoms with Crippen LogP contribution in [0, 0.1) is 5.41 Å². The van der Waals surface area contributed by atoms with Crippen LogP contribution >= 0.6 is 0 Å². The maximum atomic E-state index is 12.9. The highest BCUT2D eigenvalue weighted by Gasteiger charge is 2.84.